The van der Waals surface area contributed by atoms with Gasteiger partial charge in [-0.05, 0) is 49.4 Å². The summed E-state index contributed by atoms with van der Waals surface area (Å²) >= 11 is 1.47. The maximum atomic E-state index is 12.8. The minimum absolute atomic E-state index is 0.0561. The number of benzene rings is 1. The molecular weight excluding hydrogens is 372 g/mol. The zero-order chi connectivity index (χ0) is 19.1. The number of pyridine rings is 1. The van der Waals surface area contributed by atoms with Gasteiger partial charge in [-0.1, -0.05) is 23.8 Å². The molecule has 0 atom stereocenters. The number of carbonyl (C=O) groups is 1. The third kappa shape index (κ3) is 3.20. The standard InChI is InChI=1S/C21H22N4O2S/c22-20-24-17-7-6-13(11-19(17)28-20)14-10-18-16(23-12-14)8-9-25(18)21(26)27-15-4-2-1-3-5-15/h6-7,10-12,15H,1-5,8-9H2,(H2,22,24). The molecule has 0 radical (unpaired) electrons. The van der Waals surface area contributed by atoms with Gasteiger partial charge in [0.15, 0.2) is 5.13 Å². The summed E-state index contributed by atoms with van der Waals surface area (Å²) in [6.45, 7) is 0.627. The number of nitrogens with two attached hydrogens (primary N) is 1. The Morgan fingerprint density at radius 2 is 2.04 bits per heavy atom. The fourth-order valence-electron chi connectivity index (χ4n) is 4.10. The maximum Gasteiger partial charge on any atom is 0.414 e. The average Bonchev–Trinajstić information content (AvgIpc) is 3.29. The minimum Gasteiger partial charge on any atom is -0.446 e. The van der Waals surface area contributed by atoms with Crippen molar-refractivity contribution in [2.24, 2.45) is 0 Å². The van der Waals surface area contributed by atoms with Crippen LogP contribution in [-0.4, -0.2) is 28.7 Å². The van der Waals surface area contributed by atoms with Crippen LogP contribution in [0.4, 0.5) is 15.6 Å². The van der Waals surface area contributed by atoms with Crippen LogP contribution in [-0.2, 0) is 11.2 Å². The molecule has 3 aromatic rings. The predicted molar refractivity (Wildman–Crippen MR) is 112 cm³/mol. The number of amides is 1. The number of nitrogen functional groups attached to an aromatic ring is 1. The van der Waals surface area contributed by atoms with E-state index in [9.17, 15) is 4.79 Å². The number of ether oxygens (including phenoxy) is 1. The van der Waals surface area contributed by atoms with Gasteiger partial charge in [-0.2, -0.15) is 0 Å². The first kappa shape index (κ1) is 17.4. The zero-order valence-electron chi connectivity index (χ0n) is 15.6. The number of anilines is 2. The molecule has 1 fully saturated rings. The second-order valence-corrected chi connectivity index (χ2v) is 8.53. The fraction of sp³-hybridized carbons (Fsp3) is 0.381. The lowest BCUT2D eigenvalue weighted by Crippen LogP contribution is -2.33. The van der Waals surface area contributed by atoms with Gasteiger partial charge in [-0.15, -0.1) is 0 Å². The second-order valence-electron chi connectivity index (χ2n) is 7.47. The molecule has 7 heteroatoms. The van der Waals surface area contributed by atoms with Crippen LogP contribution in [0.25, 0.3) is 21.3 Å². The average molecular weight is 395 g/mol. The van der Waals surface area contributed by atoms with Gasteiger partial charge in [-0.25, -0.2) is 9.78 Å². The predicted octanol–water partition coefficient (Wildman–Crippen LogP) is 4.77. The Balaban J connectivity index is 1.42. The number of carbonyl (C=O) groups excluding carboxylic acids is 1. The highest BCUT2D eigenvalue weighted by atomic mass is 32.1. The molecule has 6 nitrogen and oxygen atoms in total. The van der Waals surface area contributed by atoms with Crippen LogP contribution < -0.4 is 10.6 Å². The summed E-state index contributed by atoms with van der Waals surface area (Å²) in [5, 5.41) is 0.566. The van der Waals surface area contributed by atoms with E-state index in [0.717, 1.165) is 64.8 Å². The van der Waals surface area contributed by atoms with Crippen LogP contribution >= 0.6 is 11.3 Å². The first-order chi connectivity index (χ1) is 13.7. The van der Waals surface area contributed by atoms with Crippen molar-refractivity contribution in [1.82, 2.24) is 9.97 Å². The Morgan fingerprint density at radius 3 is 2.89 bits per heavy atom. The summed E-state index contributed by atoms with van der Waals surface area (Å²) in [6, 6.07) is 8.11. The normalized spacial score (nSPS) is 17.1. The first-order valence-corrected chi connectivity index (χ1v) is 10.6. The van der Waals surface area contributed by atoms with Crippen LogP contribution in [0.2, 0.25) is 0 Å². The summed E-state index contributed by atoms with van der Waals surface area (Å²) in [5.41, 5.74) is 10.6. The van der Waals surface area contributed by atoms with Crippen molar-refractivity contribution in [3.05, 3.63) is 36.2 Å². The molecule has 2 N–H and O–H groups in total. The number of rotatable bonds is 2. The molecule has 1 saturated carbocycles. The number of hydrogen-bond donors (Lipinski definition) is 1. The third-order valence-electron chi connectivity index (χ3n) is 5.59. The van der Waals surface area contributed by atoms with Gasteiger partial charge in [0.1, 0.15) is 6.10 Å². The second kappa shape index (κ2) is 7.05. The molecule has 1 aromatic carbocycles. The Hall–Kier alpha value is -2.67. The highest BCUT2D eigenvalue weighted by Gasteiger charge is 2.29. The van der Waals surface area contributed by atoms with Gasteiger partial charge in [0.2, 0.25) is 0 Å². The Bertz CT molecular complexity index is 1040. The van der Waals surface area contributed by atoms with E-state index in [1.54, 1.807) is 4.90 Å². The van der Waals surface area contributed by atoms with Gasteiger partial charge in [0, 0.05) is 24.7 Å². The quantitative estimate of drug-likeness (QED) is 0.677. The minimum atomic E-state index is -0.240. The molecule has 3 heterocycles. The lowest BCUT2D eigenvalue weighted by atomic mass is 9.98. The van der Waals surface area contributed by atoms with Crippen molar-refractivity contribution in [3.63, 3.8) is 0 Å². The SMILES string of the molecule is Nc1nc2ccc(-c3cnc4c(c3)N(C(=O)OC3CCCCC3)CC4)cc2s1. The highest BCUT2D eigenvalue weighted by molar-refractivity contribution is 7.22. The van der Waals surface area contributed by atoms with Crippen molar-refractivity contribution >= 4 is 38.5 Å². The van der Waals surface area contributed by atoms with E-state index in [4.69, 9.17) is 10.5 Å². The van der Waals surface area contributed by atoms with E-state index < -0.39 is 0 Å². The molecule has 28 heavy (non-hydrogen) atoms. The summed E-state index contributed by atoms with van der Waals surface area (Å²) < 4.78 is 6.82. The number of nitrogens with zero attached hydrogens (tertiary/aromatic N) is 3. The monoisotopic (exact) mass is 394 g/mol. The van der Waals surface area contributed by atoms with Crippen molar-refractivity contribution in [2.45, 2.75) is 44.6 Å². The highest BCUT2D eigenvalue weighted by Crippen LogP contribution is 2.34. The summed E-state index contributed by atoms with van der Waals surface area (Å²) in [5.74, 6) is 0. The molecule has 1 aliphatic heterocycles. The van der Waals surface area contributed by atoms with Crippen LogP contribution in [0.1, 0.15) is 37.8 Å². The molecule has 144 valence electrons. The summed E-state index contributed by atoms with van der Waals surface area (Å²) in [6.07, 6.45) is 7.93. The fourth-order valence-corrected chi connectivity index (χ4v) is 4.88. The van der Waals surface area contributed by atoms with Crippen LogP contribution in [0.5, 0.6) is 0 Å². The van der Waals surface area contributed by atoms with Crippen LogP contribution in [0, 0.1) is 0 Å². The van der Waals surface area contributed by atoms with E-state index in [1.165, 1.54) is 17.8 Å². The lowest BCUT2D eigenvalue weighted by Gasteiger charge is -2.25. The topological polar surface area (TPSA) is 81.3 Å². The van der Waals surface area contributed by atoms with E-state index in [1.807, 2.05) is 24.4 Å². The van der Waals surface area contributed by atoms with Gasteiger partial charge in [-0.3, -0.25) is 9.88 Å². The lowest BCUT2D eigenvalue weighted by molar-refractivity contribution is 0.0812. The van der Waals surface area contributed by atoms with Gasteiger partial charge < -0.3 is 10.5 Å². The molecule has 5 rings (SSSR count). The van der Waals surface area contributed by atoms with Crippen LogP contribution in [0.15, 0.2) is 30.5 Å². The summed E-state index contributed by atoms with van der Waals surface area (Å²) in [4.78, 5) is 23.4. The Kier molecular flexibility index (Phi) is 4.39. The Morgan fingerprint density at radius 1 is 1.18 bits per heavy atom. The number of hydrogen-bond acceptors (Lipinski definition) is 6. The van der Waals surface area contributed by atoms with Crippen molar-refractivity contribution < 1.29 is 9.53 Å². The van der Waals surface area contributed by atoms with Gasteiger partial charge >= 0.3 is 6.09 Å². The van der Waals surface area contributed by atoms with Gasteiger partial charge in [0.05, 0.1) is 21.6 Å². The van der Waals surface area contributed by atoms with E-state index >= 15 is 0 Å². The van der Waals surface area contributed by atoms with Gasteiger partial charge in [0.25, 0.3) is 0 Å². The van der Waals surface area contributed by atoms with E-state index in [2.05, 4.69) is 16.0 Å². The molecular formula is C21H22N4O2S. The maximum absolute atomic E-state index is 12.8. The largest absolute Gasteiger partial charge is 0.446 e. The number of aromatic nitrogens is 2. The smallest absolute Gasteiger partial charge is 0.414 e. The van der Waals surface area contributed by atoms with Crippen molar-refractivity contribution in [3.8, 4) is 11.1 Å². The van der Waals surface area contributed by atoms with Crippen molar-refractivity contribution in [2.75, 3.05) is 17.2 Å². The molecule has 0 saturated heterocycles. The molecule has 2 aliphatic rings. The number of thiazole rings is 1. The number of fused-ring (bicyclic) bond motifs is 2. The molecule has 0 bridgehead atoms. The first-order valence-electron chi connectivity index (χ1n) is 9.81. The molecule has 1 amide bonds. The Labute approximate surface area is 167 Å². The van der Waals surface area contributed by atoms with E-state index in [-0.39, 0.29) is 12.2 Å². The zero-order valence-corrected chi connectivity index (χ0v) is 16.4. The molecule has 0 unspecified atom stereocenters. The third-order valence-corrected chi connectivity index (χ3v) is 6.44. The van der Waals surface area contributed by atoms with Crippen molar-refractivity contribution in [1.29, 1.82) is 0 Å². The van der Waals surface area contributed by atoms with Crippen LogP contribution in [0.3, 0.4) is 0 Å². The molecule has 2 aromatic heterocycles. The molecule has 1 aliphatic carbocycles. The summed E-state index contributed by atoms with van der Waals surface area (Å²) in [7, 11) is 0. The molecule has 0 spiro atoms. The van der Waals surface area contributed by atoms with E-state index in [0.29, 0.717) is 11.7 Å².